The summed E-state index contributed by atoms with van der Waals surface area (Å²) in [7, 11) is -2.02. The number of methoxy groups -OCH3 is 1. The summed E-state index contributed by atoms with van der Waals surface area (Å²) in [5.41, 5.74) is 2.83. The number of pyridine rings is 1. The number of halogens is 2. The molecule has 9 heteroatoms. The zero-order valence-corrected chi connectivity index (χ0v) is 18.8. The Morgan fingerprint density at radius 2 is 1.90 bits per heavy atom. The maximum absolute atomic E-state index is 12.4. The fourth-order valence-corrected chi connectivity index (χ4v) is 4.78. The van der Waals surface area contributed by atoms with Gasteiger partial charge in [-0.1, -0.05) is 39.7 Å². The molecule has 2 aromatic carbocycles. The van der Waals surface area contributed by atoms with Gasteiger partial charge in [-0.25, -0.2) is 13.4 Å². The number of rotatable bonds is 4. The minimum Gasteiger partial charge on any atom is -0.497 e. The van der Waals surface area contributed by atoms with Crippen molar-refractivity contribution in [3.05, 3.63) is 69.3 Å². The van der Waals surface area contributed by atoms with E-state index in [1.54, 1.807) is 13.2 Å². The van der Waals surface area contributed by atoms with Gasteiger partial charge in [0.05, 0.1) is 30.6 Å². The van der Waals surface area contributed by atoms with Crippen LogP contribution in [0.5, 0.6) is 5.75 Å². The number of hydrogen-bond acceptors (Lipinski definition) is 5. The van der Waals surface area contributed by atoms with Crippen LogP contribution in [-0.4, -0.2) is 36.9 Å². The number of sulfonamides is 1. The SMILES string of the molecule is COc1ccc2cc(C3CC(c4ccc(Br)cc4)=NN3S(C)(=O)=O)c(Cl)nc2c1. The van der Waals surface area contributed by atoms with Gasteiger partial charge in [-0.2, -0.15) is 9.52 Å². The normalized spacial score (nSPS) is 16.9. The summed E-state index contributed by atoms with van der Waals surface area (Å²) in [5, 5.41) is 5.50. The number of aromatic nitrogens is 1. The lowest BCUT2D eigenvalue weighted by molar-refractivity contribution is 0.374. The average molecular weight is 495 g/mol. The highest BCUT2D eigenvalue weighted by Crippen LogP contribution is 2.38. The molecule has 0 N–H and O–H groups in total. The summed E-state index contributed by atoms with van der Waals surface area (Å²) in [6, 6.07) is 14.4. The van der Waals surface area contributed by atoms with Crippen LogP contribution < -0.4 is 4.74 Å². The van der Waals surface area contributed by atoms with Crippen LogP contribution >= 0.6 is 27.5 Å². The van der Waals surface area contributed by atoms with Gasteiger partial charge in [-0.15, -0.1) is 0 Å². The van der Waals surface area contributed by atoms with Crippen LogP contribution in [0.15, 0.2) is 58.1 Å². The molecule has 1 aliphatic rings. The number of hydrogen-bond donors (Lipinski definition) is 0. The van der Waals surface area contributed by atoms with Crippen molar-refractivity contribution < 1.29 is 13.2 Å². The van der Waals surface area contributed by atoms with Gasteiger partial charge in [0.25, 0.3) is 0 Å². The highest BCUT2D eigenvalue weighted by molar-refractivity contribution is 9.10. The van der Waals surface area contributed by atoms with E-state index in [2.05, 4.69) is 26.0 Å². The third kappa shape index (κ3) is 3.97. The first kappa shape index (κ1) is 20.1. The molecule has 1 aromatic heterocycles. The zero-order valence-electron chi connectivity index (χ0n) is 15.6. The Balaban J connectivity index is 1.79. The number of benzene rings is 2. The molecule has 29 heavy (non-hydrogen) atoms. The van der Waals surface area contributed by atoms with Gasteiger partial charge in [0.2, 0.25) is 10.0 Å². The van der Waals surface area contributed by atoms with Crippen LogP contribution in [0.4, 0.5) is 0 Å². The first-order valence-electron chi connectivity index (χ1n) is 8.73. The average Bonchev–Trinajstić information content (AvgIpc) is 3.13. The van der Waals surface area contributed by atoms with Crippen LogP contribution in [0.1, 0.15) is 23.6 Å². The van der Waals surface area contributed by atoms with Crippen molar-refractivity contribution in [1.82, 2.24) is 9.40 Å². The Hall–Kier alpha value is -2.16. The maximum Gasteiger partial charge on any atom is 0.247 e. The van der Waals surface area contributed by atoms with Crippen LogP contribution in [0.25, 0.3) is 10.9 Å². The third-order valence-corrected chi connectivity index (χ3v) is 6.60. The fraction of sp³-hybridized carbons (Fsp3) is 0.200. The van der Waals surface area contributed by atoms with Crippen molar-refractivity contribution in [2.75, 3.05) is 13.4 Å². The molecule has 0 saturated carbocycles. The molecule has 0 fully saturated rings. The molecule has 1 unspecified atom stereocenters. The summed E-state index contributed by atoms with van der Waals surface area (Å²) in [5.74, 6) is 0.674. The minimum atomic E-state index is -3.60. The lowest BCUT2D eigenvalue weighted by Crippen LogP contribution is -2.26. The molecule has 1 aliphatic heterocycles. The molecule has 1 atom stereocenters. The van der Waals surface area contributed by atoms with Crippen molar-refractivity contribution >= 4 is 54.2 Å². The molecule has 3 aromatic rings. The fourth-order valence-electron chi connectivity index (χ4n) is 3.34. The Morgan fingerprint density at radius 3 is 2.55 bits per heavy atom. The van der Waals surface area contributed by atoms with E-state index in [4.69, 9.17) is 16.3 Å². The summed E-state index contributed by atoms with van der Waals surface area (Å²) >= 11 is 9.89. The van der Waals surface area contributed by atoms with Crippen molar-refractivity contribution in [1.29, 1.82) is 0 Å². The smallest absolute Gasteiger partial charge is 0.247 e. The quantitative estimate of drug-likeness (QED) is 0.490. The molecule has 150 valence electrons. The molecule has 6 nitrogen and oxygen atoms in total. The number of hydrazone groups is 1. The standard InChI is InChI=1S/C20H17BrClN3O3S/c1-28-15-8-5-13-9-16(20(22)23-17(13)10-15)19-11-18(24-25(19)29(2,26)27)12-3-6-14(21)7-4-12/h3-10,19H,11H2,1-2H3. The van der Waals surface area contributed by atoms with Gasteiger partial charge in [-0.3, -0.25) is 0 Å². The van der Waals surface area contributed by atoms with Crippen molar-refractivity contribution in [3.63, 3.8) is 0 Å². The third-order valence-electron chi connectivity index (χ3n) is 4.75. The molecule has 0 aliphatic carbocycles. The predicted octanol–water partition coefficient (Wildman–Crippen LogP) is 4.77. The highest BCUT2D eigenvalue weighted by atomic mass is 79.9. The van der Waals surface area contributed by atoms with E-state index < -0.39 is 16.1 Å². The van der Waals surface area contributed by atoms with E-state index in [0.717, 1.165) is 26.1 Å². The first-order chi connectivity index (χ1) is 13.8. The second kappa shape index (κ2) is 7.59. The summed E-state index contributed by atoms with van der Waals surface area (Å²) < 4.78 is 32.2. The topological polar surface area (TPSA) is 71.9 Å². The van der Waals surface area contributed by atoms with Crippen molar-refractivity contribution in [2.24, 2.45) is 5.10 Å². The monoisotopic (exact) mass is 493 g/mol. The van der Waals surface area contributed by atoms with Crippen LogP contribution in [0.3, 0.4) is 0 Å². The Kier molecular flexibility index (Phi) is 5.27. The van der Waals surface area contributed by atoms with E-state index in [1.807, 2.05) is 42.5 Å². The van der Waals surface area contributed by atoms with E-state index in [9.17, 15) is 8.42 Å². The Labute approximate surface area is 182 Å². The molecule has 0 radical (unpaired) electrons. The molecular formula is C20H17BrClN3O3S. The molecular weight excluding hydrogens is 478 g/mol. The van der Waals surface area contributed by atoms with Crippen molar-refractivity contribution in [2.45, 2.75) is 12.5 Å². The molecule has 0 bridgehead atoms. The number of ether oxygens (including phenoxy) is 1. The number of fused-ring (bicyclic) bond motifs is 1. The van der Waals surface area contributed by atoms with Gasteiger partial charge < -0.3 is 4.74 Å². The number of nitrogens with zero attached hydrogens (tertiary/aromatic N) is 3. The van der Waals surface area contributed by atoms with E-state index in [0.29, 0.717) is 29.0 Å². The van der Waals surface area contributed by atoms with E-state index in [1.165, 1.54) is 0 Å². The first-order valence-corrected chi connectivity index (χ1v) is 11.8. The lowest BCUT2D eigenvalue weighted by atomic mass is 9.99. The van der Waals surface area contributed by atoms with Gasteiger partial charge in [-0.05, 0) is 35.9 Å². The van der Waals surface area contributed by atoms with Crippen LogP contribution in [0, 0.1) is 0 Å². The lowest BCUT2D eigenvalue weighted by Gasteiger charge is -2.22. The predicted molar refractivity (Wildman–Crippen MR) is 118 cm³/mol. The van der Waals surface area contributed by atoms with Gasteiger partial charge in [0.1, 0.15) is 10.9 Å². The molecule has 0 spiro atoms. The van der Waals surface area contributed by atoms with Gasteiger partial charge in [0, 0.05) is 27.9 Å². The second-order valence-electron chi connectivity index (χ2n) is 6.74. The Morgan fingerprint density at radius 1 is 1.17 bits per heavy atom. The van der Waals surface area contributed by atoms with Crippen LogP contribution in [-0.2, 0) is 10.0 Å². The van der Waals surface area contributed by atoms with E-state index in [-0.39, 0.29) is 5.15 Å². The van der Waals surface area contributed by atoms with Crippen molar-refractivity contribution in [3.8, 4) is 5.75 Å². The molecule has 4 rings (SSSR count). The van der Waals surface area contributed by atoms with E-state index >= 15 is 0 Å². The van der Waals surface area contributed by atoms with Gasteiger partial charge in [0.15, 0.2) is 0 Å². The molecule has 0 saturated heterocycles. The van der Waals surface area contributed by atoms with Gasteiger partial charge >= 0.3 is 0 Å². The Bertz CT molecular complexity index is 1230. The second-order valence-corrected chi connectivity index (χ2v) is 9.85. The summed E-state index contributed by atoms with van der Waals surface area (Å²) in [4.78, 5) is 4.46. The molecule has 0 amide bonds. The van der Waals surface area contributed by atoms with Crippen LogP contribution in [0.2, 0.25) is 5.15 Å². The highest BCUT2D eigenvalue weighted by Gasteiger charge is 2.36. The largest absolute Gasteiger partial charge is 0.497 e. The molecule has 2 heterocycles. The minimum absolute atomic E-state index is 0.247. The maximum atomic E-state index is 12.4. The summed E-state index contributed by atoms with van der Waals surface area (Å²) in [6.07, 6.45) is 1.54. The summed E-state index contributed by atoms with van der Waals surface area (Å²) in [6.45, 7) is 0. The zero-order chi connectivity index (χ0) is 20.8.